The Morgan fingerprint density at radius 1 is 1.27 bits per heavy atom. The molecule has 7 heteroatoms. The Labute approximate surface area is 175 Å². The first-order chi connectivity index (χ1) is 14.2. The van der Waals surface area contributed by atoms with E-state index >= 15 is 0 Å². The smallest absolute Gasteiger partial charge is 0.256 e. The van der Waals surface area contributed by atoms with Gasteiger partial charge in [-0.05, 0) is 48.6 Å². The number of nitrogens with one attached hydrogen (secondary N) is 2. The fourth-order valence-corrected chi connectivity index (χ4v) is 4.15. The fourth-order valence-electron chi connectivity index (χ4n) is 4.15. The Bertz CT molecular complexity index is 975. The minimum absolute atomic E-state index is 0.0207. The second-order valence-corrected chi connectivity index (χ2v) is 9.27. The van der Waals surface area contributed by atoms with Crippen molar-refractivity contribution in [1.29, 1.82) is 0 Å². The summed E-state index contributed by atoms with van der Waals surface area (Å²) in [6.07, 6.45) is 3.04. The zero-order chi connectivity index (χ0) is 21.5. The van der Waals surface area contributed by atoms with Crippen LogP contribution in [0.2, 0.25) is 0 Å². The fraction of sp³-hybridized carbons (Fsp3) is 0.435. The predicted molar refractivity (Wildman–Crippen MR) is 113 cm³/mol. The van der Waals surface area contributed by atoms with Crippen LogP contribution in [0.1, 0.15) is 50.4 Å². The molecule has 2 N–H and O–H groups in total. The number of amides is 3. The van der Waals surface area contributed by atoms with Crippen molar-refractivity contribution in [3.05, 3.63) is 42.2 Å². The van der Waals surface area contributed by atoms with E-state index in [-0.39, 0.29) is 29.2 Å². The molecular formula is C23H27N3O4. The third-order valence-electron chi connectivity index (χ3n) is 5.54. The summed E-state index contributed by atoms with van der Waals surface area (Å²) in [6, 6.07) is 8.21. The molecule has 1 fully saturated rings. The molecule has 2 aliphatic heterocycles. The largest absolute Gasteiger partial charge is 0.464 e. The predicted octanol–water partition coefficient (Wildman–Crippen LogP) is 3.42. The van der Waals surface area contributed by atoms with Crippen LogP contribution in [0.3, 0.4) is 0 Å². The molecule has 3 amide bonds. The van der Waals surface area contributed by atoms with E-state index < -0.39 is 6.04 Å². The molecule has 1 aromatic heterocycles. The number of rotatable bonds is 3. The number of hydrogen-bond acceptors (Lipinski definition) is 4. The van der Waals surface area contributed by atoms with Gasteiger partial charge in [-0.1, -0.05) is 20.8 Å². The molecule has 30 heavy (non-hydrogen) atoms. The van der Waals surface area contributed by atoms with Crippen LogP contribution in [-0.2, 0) is 9.59 Å². The average molecular weight is 409 g/mol. The topological polar surface area (TPSA) is 91.7 Å². The first-order valence-electron chi connectivity index (χ1n) is 10.3. The van der Waals surface area contributed by atoms with Crippen LogP contribution >= 0.6 is 0 Å². The Morgan fingerprint density at radius 3 is 2.77 bits per heavy atom. The van der Waals surface area contributed by atoms with Crippen molar-refractivity contribution in [3.8, 4) is 11.3 Å². The summed E-state index contributed by atoms with van der Waals surface area (Å²) in [5.74, 6) is 0.245. The average Bonchev–Trinajstić information content (AvgIpc) is 3.18. The highest BCUT2D eigenvalue weighted by atomic mass is 16.3. The van der Waals surface area contributed by atoms with E-state index in [1.165, 1.54) is 0 Å². The van der Waals surface area contributed by atoms with Crippen molar-refractivity contribution in [2.75, 3.05) is 11.9 Å². The Balaban J connectivity index is 1.53. The summed E-state index contributed by atoms with van der Waals surface area (Å²) in [4.78, 5) is 40.1. The van der Waals surface area contributed by atoms with Crippen molar-refractivity contribution in [2.45, 2.75) is 52.1 Å². The summed E-state index contributed by atoms with van der Waals surface area (Å²) in [5.41, 5.74) is 1.63. The molecule has 4 rings (SSSR count). The minimum Gasteiger partial charge on any atom is -0.464 e. The molecule has 0 bridgehead atoms. The second-order valence-electron chi connectivity index (χ2n) is 9.27. The molecule has 2 atom stereocenters. The van der Waals surface area contributed by atoms with Gasteiger partial charge in [0.1, 0.15) is 11.8 Å². The maximum atomic E-state index is 13.3. The lowest BCUT2D eigenvalue weighted by Crippen LogP contribution is -2.55. The maximum absolute atomic E-state index is 13.3. The van der Waals surface area contributed by atoms with E-state index in [1.807, 2.05) is 32.9 Å². The third kappa shape index (κ3) is 4.10. The molecule has 2 unspecified atom stereocenters. The zero-order valence-electron chi connectivity index (χ0n) is 17.5. The highest BCUT2D eigenvalue weighted by Crippen LogP contribution is 2.32. The molecule has 2 aromatic rings. The number of anilines is 1. The number of hydrogen-bond donors (Lipinski definition) is 2. The molecule has 0 spiro atoms. The molecule has 7 nitrogen and oxygen atoms in total. The standard InChI is InChI=1S/C23H27N3O4/c1-23(2,3)13-20(27)24-15-8-9-26-18(12-15)21(28)25-17-7-6-14(11-16(17)22(26)29)19-5-4-10-30-19/h4-7,10-11,15,18H,8-9,12-13H2,1-3H3,(H,24,27)(H,25,28). The normalized spacial score (nSPS) is 21.4. The number of carbonyl (C=O) groups excluding carboxylic acids is 3. The van der Waals surface area contributed by atoms with Crippen LogP contribution in [0.25, 0.3) is 11.3 Å². The summed E-state index contributed by atoms with van der Waals surface area (Å²) in [5, 5.41) is 5.94. The van der Waals surface area contributed by atoms with Crippen molar-refractivity contribution >= 4 is 23.4 Å². The molecule has 3 heterocycles. The van der Waals surface area contributed by atoms with Gasteiger partial charge in [-0.3, -0.25) is 14.4 Å². The minimum atomic E-state index is -0.606. The Hall–Kier alpha value is -3.09. The van der Waals surface area contributed by atoms with E-state index in [0.717, 1.165) is 5.56 Å². The van der Waals surface area contributed by atoms with E-state index in [9.17, 15) is 14.4 Å². The number of nitrogens with zero attached hydrogens (tertiary/aromatic N) is 1. The number of benzene rings is 1. The van der Waals surface area contributed by atoms with Gasteiger partial charge in [0.05, 0.1) is 17.5 Å². The lowest BCUT2D eigenvalue weighted by atomic mass is 9.91. The second kappa shape index (κ2) is 7.63. The summed E-state index contributed by atoms with van der Waals surface area (Å²) < 4.78 is 5.44. The SMILES string of the molecule is CC(C)(C)CC(=O)NC1CCN2C(=O)c3cc(-c4ccco4)ccc3NC(=O)C2C1. The number of furan rings is 1. The molecule has 0 saturated carbocycles. The Kier molecular flexibility index (Phi) is 5.13. The zero-order valence-corrected chi connectivity index (χ0v) is 17.5. The van der Waals surface area contributed by atoms with E-state index in [4.69, 9.17) is 4.42 Å². The van der Waals surface area contributed by atoms with E-state index in [0.29, 0.717) is 42.8 Å². The van der Waals surface area contributed by atoms with Crippen LogP contribution < -0.4 is 10.6 Å². The molecule has 2 aliphatic rings. The van der Waals surface area contributed by atoms with Gasteiger partial charge in [-0.25, -0.2) is 0 Å². The van der Waals surface area contributed by atoms with E-state index in [2.05, 4.69) is 10.6 Å². The molecule has 1 saturated heterocycles. The van der Waals surface area contributed by atoms with Gasteiger partial charge in [0, 0.05) is 24.6 Å². The first kappa shape index (κ1) is 20.2. The quantitative estimate of drug-likeness (QED) is 0.813. The molecular weight excluding hydrogens is 382 g/mol. The summed E-state index contributed by atoms with van der Waals surface area (Å²) in [6.45, 7) is 6.46. The number of fused-ring (bicyclic) bond motifs is 2. The van der Waals surface area contributed by atoms with Gasteiger partial charge in [-0.2, -0.15) is 0 Å². The van der Waals surface area contributed by atoms with Crippen molar-refractivity contribution < 1.29 is 18.8 Å². The molecule has 158 valence electrons. The monoisotopic (exact) mass is 409 g/mol. The van der Waals surface area contributed by atoms with Crippen molar-refractivity contribution in [2.24, 2.45) is 5.41 Å². The first-order valence-corrected chi connectivity index (χ1v) is 10.3. The summed E-state index contributed by atoms with van der Waals surface area (Å²) >= 11 is 0. The van der Waals surface area contributed by atoms with Crippen LogP contribution in [0.15, 0.2) is 41.0 Å². The van der Waals surface area contributed by atoms with E-state index in [1.54, 1.807) is 29.4 Å². The highest BCUT2D eigenvalue weighted by molar-refractivity contribution is 6.10. The van der Waals surface area contributed by atoms with Gasteiger partial charge in [-0.15, -0.1) is 0 Å². The number of carbonyl (C=O) groups is 3. The Morgan fingerprint density at radius 2 is 2.07 bits per heavy atom. The van der Waals surface area contributed by atoms with Crippen molar-refractivity contribution in [3.63, 3.8) is 0 Å². The highest BCUT2D eigenvalue weighted by Gasteiger charge is 2.40. The van der Waals surface area contributed by atoms with Gasteiger partial charge in [0.25, 0.3) is 5.91 Å². The third-order valence-corrected chi connectivity index (χ3v) is 5.54. The van der Waals surface area contributed by atoms with Gasteiger partial charge < -0.3 is 20.0 Å². The lowest BCUT2D eigenvalue weighted by Gasteiger charge is -2.37. The van der Waals surface area contributed by atoms with Crippen molar-refractivity contribution in [1.82, 2.24) is 10.2 Å². The summed E-state index contributed by atoms with van der Waals surface area (Å²) in [7, 11) is 0. The number of piperidine rings is 1. The van der Waals surface area contributed by atoms with Crippen LogP contribution in [-0.4, -0.2) is 41.2 Å². The molecule has 0 aliphatic carbocycles. The van der Waals surface area contributed by atoms with Gasteiger partial charge >= 0.3 is 0 Å². The van der Waals surface area contributed by atoms with Gasteiger partial charge in [0.2, 0.25) is 11.8 Å². The van der Waals surface area contributed by atoms with Crippen LogP contribution in [0, 0.1) is 5.41 Å². The van der Waals surface area contributed by atoms with Crippen LogP contribution in [0.4, 0.5) is 5.69 Å². The lowest BCUT2D eigenvalue weighted by molar-refractivity contribution is -0.126. The van der Waals surface area contributed by atoms with Crippen LogP contribution in [0.5, 0.6) is 0 Å². The molecule has 1 aromatic carbocycles. The maximum Gasteiger partial charge on any atom is 0.256 e. The molecule has 0 radical (unpaired) electrons. The van der Waals surface area contributed by atoms with Gasteiger partial charge in [0.15, 0.2) is 0 Å².